The Morgan fingerprint density at radius 2 is 1.81 bits per heavy atom. The molecule has 0 saturated heterocycles. The standard InChI is InChI=1S/C15H22N2O.C3H8/c1-3-9-16(2)10-6-11-17-14-8-5-4-7-13(14)12-15(17)18;1-3-2/h4-5,7-8H,3,6,9-12H2,1-2H3;3H2,1-2H3. The van der Waals surface area contributed by atoms with Gasteiger partial charge in [-0.05, 0) is 44.6 Å². The van der Waals surface area contributed by atoms with Crippen LogP contribution in [-0.4, -0.2) is 37.5 Å². The third-order valence-corrected chi connectivity index (χ3v) is 3.45. The normalized spacial score (nSPS) is 13.2. The molecule has 0 bridgehead atoms. The molecule has 1 amide bonds. The Morgan fingerprint density at radius 1 is 1.14 bits per heavy atom. The Hall–Kier alpha value is -1.35. The first-order valence-electron chi connectivity index (χ1n) is 8.20. The minimum atomic E-state index is 0.245. The molecule has 1 aliphatic heterocycles. The van der Waals surface area contributed by atoms with Crippen molar-refractivity contribution in [2.75, 3.05) is 31.6 Å². The molecule has 118 valence electrons. The molecule has 1 aromatic carbocycles. The first-order chi connectivity index (χ1) is 10.1. The van der Waals surface area contributed by atoms with E-state index in [2.05, 4.69) is 44.9 Å². The highest BCUT2D eigenvalue weighted by Gasteiger charge is 2.25. The molecule has 0 saturated carbocycles. The van der Waals surface area contributed by atoms with Crippen LogP contribution in [-0.2, 0) is 11.2 Å². The Kier molecular flexibility index (Phi) is 8.06. The van der Waals surface area contributed by atoms with Gasteiger partial charge in [-0.2, -0.15) is 0 Å². The molecule has 0 fully saturated rings. The predicted octanol–water partition coefficient (Wildman–Crippen LogP) is 3.72. The van der Waals surface area contributed by atoms with Crippen LogP contribution in [0.5, 0.6) is 0 Å². The zero-order chi connectivity index (χ0) is 15.7. The molecule has 1 aromatic rings. The maximum Gasteiger partial charge on any atom is 0.231 e. The van der Waals surface area contributed by atoms with Crippen molar-refractivity contribution in [1.82, 2.24) is 4.90 Å². The first kappa shape index (κ1) is 17.7. The molecule has 2 rings (SSSR count). The minimum Gasteiger partial charge on any atom is -0.312 e. The number of benzene rings is 1. The fourth-order valence-corrected chi connectivity index (χ4v) is 2.55. The van der Waals surface area contributed by atoms with Gasteiger partial charge >= 0.3 is 0 Å². The van der Waals surface area contributed by atoms with Gasteiger partial charge < -0.3 is 9.80 Å². The van der Waals surface area contributed by atoms with Crippen LogP contribution in [0.15, 0.2) is 24.3 Å². The lowest BCUT2D eigenvalue weighted by Crippen LogP contribution is -2.30. The fraction of sp³-hybridized carbons (Fsp3) is 0.611. The van der Waals surface area contributed by atoms with Crippen LogP contribution in [0.2, 0.25) is 0 Å². The molecule has 0 spiro atoms. The topological polar surface area (TPSA) is 23.6 Å². The van der Waals surface area contributed by atoms with E-state index in [1.165, 1.54) is 18.4 Å². The minimum absolute atomic E-state index is 0.245. The average Bonchev–Trinajstić information content (AvgIpc) is 2.76. The highest BCUT2D eigenvalue weighted by molar-refractivity contribution is 6.01. The SMILES string of the molecule is CCC.CCCN(C)CCCN1C(=O)Cc2ccccc21. The zero-order valence-electron chi connectivity index (χ0n) is 14.1. The van der Waals surface area contributed by atoms with Crippen molar-refractivity contribution in [1.29, 1.82) is 0 Å². The van der Waals surface area contributed by atoms with Crippen LogP contribution < -0.4 is 4.90 Å². The first-order valence-corrected chi connectivity index (χ1v) is 8.20. The number of hydrogen-bond acceptors (Lipinski definition) is 2. The summed E-state index contributed by atoms with van der Waals surface area (Å²) in [5.74, 6) is 0.245. The lowest BCUT2D eigenvalue weighted by atomic mass is 10.2. The zero-order valence-corrected chi connectivity index (χ0v) is 14.1. The highest BCUT2D eigenvalue weighted by Crippen LogP contribution is 2.28. The molecule has 1 aliphatic rings. The van der Waals surface area contributed by atoms with E-state index in [-0.39, 0.29) is 5.91 Å². The third-order valence-electron chi connectivity index (χ3n) is 3.45. The number of hydrogen-bond donors (Lipinski definition) is 0. The Bertz CT molecular complexity index is 431. The molecule has 0 atom stereocenters. The Morgan fingerprint density at radius 3 is 2.48 bits per heavy atom. The van der Waals surface area contributed by atoms with Gasteiger partial charge in [-0.1, -0.05) is 45.4 Å². The summed E-state index contributed by atoms with van der Waals surface area (Å²) in [5, 5.41) is 0. The van der Waals surface area contributed by atoms with Crippen molar-refractivity contribution < 1.29 is 4.79 Å². The van der Waals surface area contributed by atoms with Crippen molar-refractivity contribution in [2.24, 2.45) is 0 Å². The molecule has 0 aliphatic carbocycles. The van der Waals surface area contributed by atoms with Crippen molar-refractivity contribution >= 4 is 11.6 Å². The number of amides is 1. The Labute approximate surface area is 129 Å². The van der Waals surface area contributed by atoms with Crippen LogP contribution in [0.3, 0.4) is 0 Å². The summed E-state index contributed by atoms with van der Waals surface area (Å²) in [6.07, 6.45) is 4.04. The van der Waals surface area contributed by atoms with E-state index in [4.69, 9.17) is 0 Å². The quantitative estimate of drug-likeness (QED) is 0.797. The van der Waals surface area contributed by atoms with E-state index in [0.717, 1.165) is 31.7 Å². The summed E-state index contributed by atoms with van der Waals surface area (Å²) in [6, 6.07) is 8.12. The van der Waals surface area contributed by atoms with Gasteiger partial charge in [0.15, 0.2) is 0 Å². The van der Waals surface area contributed by atoms with Crippen LogP contribution in [0.25, 0.3) is 0 Å². The number of carbonyl (C=O) groups is 1. The van der Waals surface area contributed by atoms with E-state index in [1.54, 1.807) is 0 Å². The van der Waals surface area contributed by atoms with E-state index in [1.807, 2.05) is 17.0 Å². The molecule has 0 aromatic heterocycles. The van der Waals surface area contributed by atoms with Crippen LogP contribution in [0, 0.1) is 0 Å². The second-order valence-electron chi connectivity index (χ2n) is 5.71. The van der Waals surface area contributed by atoms with Gasteiger partial charge in [-0.15, -0.1) is 0 Å². The van der Waals surface area contributed by atoms with Gasteiger partial charge in [-0.3, -0.25) is 4.79 Å². The number of fused-ring (bicyclic) bond motifs is 1. The second kappa shape index (κ2) is 9.56. The molecule has 3 nitrogen and oxygen atoms in total. The summed E-state index contributed by atoms with van der Waals surface area (Å²) in [4.78, 5) is 16.2. The van der Waals surface area contributed by atoms with Crippen molar-refractivity contribution in [2.45, 2.75) is 46.5 Å². The van der Waals surface area contributed by atoms with Gasteiger partial charge in [0.05, 0.1) is 6.42 Å². The van der Waals surface area contributed by atoms with Gasteiger partial charge in [0, 0.05) is 12.2 Å². The summed E-state index contributed by atoms with van der Waals surface area (Å²) >= 11 is 0. The van der Waals surface area contributed by atoms with Crippen molar-refractivity contribution in [3.63, 3.8) is 0 Å². The van der Waals surface area contributed by atoms with E-state index >= 15 is 0 Å². The predicted molar refractivity (Wildman–Crippen MR) is 90.9 cm³/mol. The lowest BCUT2D eigenvalue weighted by Gasteiger charge is -2.20. The highest BCUT2D eigenvalue weighted by atomic mass is 16.2. The molecule has 0 N–H and O–H groups in total. The summed E-state index contributed by atoms with van der Waals surface area (Å²) in [7, 11) is 2.14. The van der Waals surface area contributed by atoms with Crippen LogP contribution in [0.1, 0.15) is 45.6 Å². The molecule has 0 unspecified atom stereocenters. The molecular weight excluding hydrogens is 260 g/mol. The largest absolute Gasteiger partial charge is 0.312 e. The second-order valence-corrected chi connectivity index (χ2v) is 5.71. The summed E-state index contributed by atoms with van der Waals surface area (Å²) in [6.45, 7) is 9.46. The van der Waals surface area contributed by atoms with E-state index in [0.29, 0.717) is 6.42 Å². The van der Waals surface area contributed by atoms with Crippen molar-refractivity contribution in [3.8, 4) is 0 Å². The molecular formula is C18H30N2O. The summed E-state index contributed by atoms with van der Waals surface area (Å²) in [5.41, 5.74) is 2.28. The Balaban J connectivity index is 0.000000677. The number of rotatable bonds is 6. The molecule has 3 heteroatoms. The lowest BCUT2D eigenvalue weighted by molar-refractivity contribution is -0.117. The summed E-state index contributed by atoms with van der Waals surface area (Å²) < 4.78 is 0. The van der Waals surface area contributed by atoms with Gasteiger partial charge in [-0.25, -0.2) is 0 Å². The number of nitrogens with zero attached hydrogens (tertiary/aromatic N) is 2. The van der Waals surface area contributed by atoms with Gasteiger partial charge in [0.25, 0.3) is 0 Å². The third kappa shape index (κ3) is 5.50. The number of carbonyl (C=O) groups excluding carboxylic acids is 1. The monoisotopic (exact) mass is 290 g/mol. The average molecular weight is 290 g/mol. The van der Waals surface area contributed by atoms with Crippen molar-refractivity contribution in [3.05, 3.63) is 29.8 Å². The van der Waals surface area contributed by atoms with Crippen LogP contribution >= 0.6 is 0 Å². The molecule has 21 heavy (non-hydrogen) atoms. The maximum atomic E-state index is 11.9. The van der Waals surface area contributed by atoms with E-state index in [9.17, 15) is 4.79 Å². The van der Waals surface area contributed by atoms with Gasteiger partial charge in [0.1, 0.15) is 0 Å². The van der Waals surface area contributed by atoms with Crippen LogP contribution in [0.4, 0.5) is 5.69 Å². The maximum absolute atomic E-state index is 11.9. The number of anilines is 1. The van der Waals surface area contributed by atoms with Gasteiger partial charge in [0.2, 0.25) is 5.91 Å². The number of para-hydroxylation sites is 1. The molecule has 1 heterocycles. The fourth-order valence-electron chi connectivity index (χ4n) is 2.55. The molecule has 0 radical (unpaired) electrons. The van der Waals surface area contributed by atoms with E-state index < -0.39 is 0 Å². The smallest absolute Gasteiger partial charge is 0.231 e.